The Morgan fingerprint density at radius 1 is 0.900 bits per heavy atom. The third kappa shape index (κ3) is 4.82. The van der Waals surface area contributed by atoms with E-state index < -0.39 is 0 Å². The quantitative estimate of drug-likeness (QED) is 0.640. The van der Waals surface area contributed by atoms with Crippen LogP contribution in [0.15, 0.2) is 30.3 Å². The molecule has 0 saturated carbocycles. The molecule has 1 N–H and O–H groups in total. The SMILES string of the molecule is CCN(CC)CCOc1cc2c(cc1OC)CCNC2c1cc(OC)ccc1OC. The van der Waals surface area contributed by atoms with Crippen LogP contribution < -0.4 is 24.3 Å². The zero-order valence-corrected chi connectivity index (χ0v) is 18.8. The first-order valence-corrected chi connectivity index (χ1v) is 10.7. The van der Waals surface area contributed by atoms with Gasteiger partial charge in [-0.2, -0.15) is 0 Å². The van der Waals surface area contributed by atoms with Gasteiger partial charge in [0.25, 0.3) is 0 Å². The second kappa shape index (κ2) is 10.5. The molecule has 2 aromatic rings. The molecule has 0 spiro atoms. The fourth-order valence-corrected chi connectivity index (χ4v) is 4.00. The monoisotopic (exact) mass is 414 g/mol. The van der Waals surface area contributed by atoms with Crippen molar-refractivity contribution in [1.82, 2.24) is 10.2 Å². The van der Waals surface area contributed by atoms with Crippen LogP contribution in [0.4, 0.5) is 0 Å². The number of nitrogens with zero attached hydrogens (tertiary/aromatic N) is 1. The van der Waals surface area contributed by atoms with Gasteiger partial charge in [-0.1, -0.05) is 13.8 Å². The molecule has 6 nitrogen and oxygen atoms in total. The lowest BCUT2D eigenvalue weighted by Gasteiger charge is -2.30. The minimum absolute atomic E-state index is 0.00478. The van der Waals surface area contributed by atoms with E-state index in [1.54, 1.807) is 21.3 Å². The van der Waals surface area contributed by atoms with Crippen LogP contribution in [0.1, 0.15) is 36.6 Å². The number of hydrogen-bond acceptors (Lipinski definition) is 6. The number of benzene rings is 2. The summed E-state index contributed by atoms with van der Waals surface area (Å²) < 4.78 is 22.9. The number of nitrogens with one attached hydrogen (secondary N) is 1. The first kappa shape index (κ1) is 22.2. The number of likely N-dealkylation sites (N-methyl/N-ethyl adjacent to an activating group) is 1. The normalized spacial score (nSPS) is 15.6. The number of fused-ring (bicyclic) bond motifs is 1. The number of hydrogen-bond donors (Lipinski definition) is 1. The van der Waals surface area contributed by atoms with Gasteiger partial charge in [0.15, 0.2) is 11.5 Å². The smallest absolute Gasteiger partial charge is 0.161 e. The molecule has 0 radical (unpaired) electrons. The van der Waals surface area contributed by atoms with Gasteiger partial charge in [-0.15, -0.1) is 0 Å². The predicted molar refractivity (Wildman–Crippen MR) is 119 cm³/mol. The Kier molecular flexibility index (Phi) is 7.82. The van der Waals surface area contributed by atoms with Gasteiger partial charge in [-0.25, -0.2) is 0 Å². The van der Waals surface area contributed by atoms with Crippen molar-refractivity contribution >= 4 is 0 Å². The Hall–Kier alpha value is -2.44. The van der Waals surface area contributed by atoms with E-state index in [1.165, 1.54) is 11.1 Å². The first-order chi connectivity index (χ1) is 14.6. The van der Waals surface area contributed by atoms with Crippen LogP contribution in [-0.4, -0.2) is 59.0 Å². The molecule has 1 unspecified atom stereocenters. The summed E-state index contributed by atoms with van der Waals surface area (Å²) in [5.74, 6) is 3.20. The summed E-state index contributed by atoms with van der Waals surface area (Å²) in [5, 5.41) is 3.63. The molecule has 2 aromatic carbocycles. The first-order valence-electron chi connectivity index (χ1n) is 10.7. The van der Waals surface area contributed by atoms with Crippen molar-refractivity contribution in [3.8, 4) is 23.0 Å². The average Bonchev–Trinajstić information content (AvgIpc) is 2.80. The molecule has 6 heteroatoms. The van der Waals surface area contributed by atoms with Gasteiger partial charge in [0.2, 0.25) is 0 Å². The average molecular weight is 415 g/mol. The molecular formula is C24H34N2O4. The molecule has 0 aromatic heterocycles. The summed E-state index contributed by atoms with van der Waals surface area (Å²) in [7, 11) is 5.08. The van der Waals surface area contributed by atoms with Crippen molar-refractivity contribution in [2.24, 2.45) is 0 Å². The molecule has 1 heterocycles. The van der Waals surface area contributed by atoms with Crippen LogP contribution >= 0.6 is 0 Å². The molecule has 1 atom stereocenters. The van der Waals surface area contributed by atoms with Crippen LogP contribution in [0.5, 0.6) is 23.0 Å². The second-order valence-corrected chi connectivity index (χ2v) is 7.32. The minimum Gasteiger partial charge on any atom is -0.497 e. The van der Waals surface area contributed by atoms with E-state index in [2.05, 4.69) is 36.2 Å². The van der Waals surface area contributed by atoms with Gasteiger partial charge in [0.1, 0.15) is 18.1 Å². The summed E-state index contributed by atoms with van der Waals surface area (Å²) in [6.45, 7) is 8.76. The van der Waals surface area contributed by atoms with Crippen molar-refractivity contribution in [1.29, 1.82) is 0 Å². The maximum Gasteiger partial charge on any atom is 0.161 e. The molecule has 0 aliphatic carbocycles. The zero-order chi connectivity index (χ0) is 21.5. The molecule has 30 heavy (non-hydrogen) atoms. The summed E-state index contributed by atoms with van der Waals surface area (Å²) in [6.07, 6.45) is 0.939. The van der Waals surface area contributed by atoms with E-state index in [9.17, 15) is 0 Å². The minimum atomic E-state index is -0.00478. The second-order valence-electron chi connectivity index (χ2n) is 7.32. The van der Waals surface area contributed by atoms with Crippen molar-refractivity contribution < 1.29 is 18.9 Å². The van der Waals surface area contributed by atoms with Crippen molar-refractivity contribution in [3.05, 3.63) is 47.0 Å². The van der Waals surface area contributed by atoms with Gasteiger partial charge < -0.3 is 29.2 Å². The summed E-state index contributed by atoms with van der Waals surface area (Å²) in [6, 6.07) is 10.1. The third-order valence-electron chi connectivity index (χ3n) is 5.79. The van der Waals surface area contributed by atoms with E-state index in [4.69, 9.17) is 18.9 Å². The fraction of sp³-hybridized carbons (Fsp3) is 0.500. The number of rotatable bonds is 10. The lowest BCUT2D eigenvalue weighted by atomic mass is 9.88. The Bertz CT molecular complexity index is 836. The highest BCUT2D eigenvalue weighted by Gasteiger charge is 2.26. The van der Waals surface area contributed by atoms with E-state index in [0.29, 0.717) is 6.61 Å². The molecule has 3 rings (SSSR count). The van der Waals surface area contributed by atoms with Gasteiger partial charge in [0.05, 0.1) is 27.4 Å². The maximum absolute atomic E-state index is 6.16. The standard InChI is InChI=1S/C24H34N2O4/c1-6-26(7-2)12-13-30-23-16-19-17(14-22(23)29-5)10-11-25-24(19)20-15-18(27-3)8-9-21(20)28-4/h8-9,14-16,24-25H,6-7,10-13H2,1-5H3. The number of methoxy groups -OCH3 is 3. The predicted octanol–water partition coefficient (Wildman–Crippen LogP) is 3.67. The van der Waals surface area contributed by atoms with Gasteiger partial charge in [-0.3, -0.25) is 0 Å². The molecule has 164 valence electrons. The zero-order valence-electron chi connectivity index (χ0n) is 18.8. The van der Waals surface area contributed by atoms with E-state index in [0.717, 1.165) is 61.2 Å². The van der Waals surface area contributed by atoms with Crippen LogP contribution in [-0.2, 0) is 6.42 Å². The molecule has 0 bridgehead atoms. The van der Waals surface area contributed by atoms with Crippen LogP contribution in [0.25, 0.3) is 0 Å². The molecule has 0 amide bonds. The van der Waals surface area contributed by atoms with Gasteiger partial charge in [-0.05, 0) is 61.0 Å². The van der Waals surface area contributed by atoms with E-state index in [1.807, 2.05) is 18.2 Å². The number of ether oxygens (including phenoxy) is 4. The highest BCUT2D eigenvalue weighted by Crippen LogP contribution is 2.40. The van der Waals surface area contributed by atoms with Crippen LogP contribution in [0.2, 0.25) is 0 Å². The van der Waals surface area contributed by atoms with Gasteiger partial charge in [0, 0.05) is 18.7 Å². The Labute approximate surface area is 180 Å². The summed E-state index contributed by atoms with van der Waals surface area (Å²) in [5.41, 5.74) is 3.50. The van der Waals surface area contributed by atoms with Crippen molar-refractivity contribution in [3.63, 3.8) is 0 Å². The Morgan fingerprint density at radius 3 is 2.33 bits per heavy atom. The van der Waals surface area contributed by atoms with Crippen LogP contribution in [0.3, 0.4) is 0 Å². The lowest BCUT2D eigenvalue weighted by molar-refractivity contribution is 0.217. The molecular weight excluding hydrogens is 380 g/mol. The van der Waals surface area contributed by atoms with E-state index in [-0.39, 0.29) is 6.04 Å². The maximum atomic E-state index is 6.16. The van der Waals surface area contributed by atoms with Crippen molar-refractivity contribution in [2.45, 2.75) is 26.3 Å². The highest BCUT2D eigenvalue weighted by atomic mass is 16.5. The molecule has 0 fully saturated rings. The largest absolute Gasteiger partial charge is 0.497 e. The summed E-state index contributed by atoms with van der Waals surface area (Å²) in [4.78, 5) is 2.34. The van der Waals surface area contributed by atoms with Crippen LogP contribution in [0, 0.1) is 0 Å². The topological polar surface area (TPSA) is 52.2 Å². The third-order valence-corrected chi connectivity index (χ3v) is 5.79. The molecule has 1 aliphatic heterocycles. The Morgan fingerprint density at radius 2 is 1.67 bits per heavy atom. The molecule has 1 aliphatic rings. The molecule has 0 saturated heterocycles. The Balaban J connectivity index is 1.94. The van der Waals surface area contributed by atoms with Crippen molar-refractivity contribution in [2.75, 3.05) is 54.1 Å². The highest BCUT2D eigenvalue weighted by molar-refractivity contribution is 5.54. The fourth-order valence-electron chi connectivity index (χ4n) is 4.00. The summed E-state index contributed by atoms with van der Waals surface area (Å²) >= 11 is 0. The lowest BCUT2D eigenvalue weighted by Crippen LogP contribution is -2.31. The van der Waals surface area contributed by atoms with E-state index >= 15 is 0 Å². The van der Waals surface area contributed by atoms with Gasteiger partial charge >= 0.3 is 0 Å².